The summed E-state index contributed by atoms with van der Waals surface area (Å²) in [5.74, 6) is 0.887. The van der Waals surface area contributed by atoms with Crippen molar-refractivity contribution in [2.24, 2.45) is 11.8 Å². The van der Waals surface area contributed by atoms with E-state index in [0.29, 0.717) is 36.9 Å². The molecule has 1 N–H and O–H groups in total. The highest BCUT2D eigenvalue weighted by Gasteiger charge is 2.66. The van der Waals surface area contributed by atoms with Crippen LogP contribution in [0.4, 0.5) is 13.6 Å². The monoisotopic (exact) mass is 528 g/mol. The molecule has 200 valence electrons. The van der Waals surface area contributed by atoms with E-state index in [9.17, 15) is 22.0 Å². The zero-order valence-electron chi connectivity index (χ0n) is 20.8. The second-order valence-electron chi connectivity index (χ2n) is 11.2. The van der Waals surface area contributed by atoms with E-state index in [0.717, 1.165) is 25.5 Å². The molecule has 12 heteroatoms. The molecular weight excluding hydrogens is 494 g/mol. The van der Waals surface area contributed by atoms with Gasteiger partial charge in [-0.15, -0.1) is 0 Å². The molecule has 1 aromatic rings. The third-order valence-corrected chi connectivity index (χ3v) is 9.35. The molecule has 4 fully saturated rings. The predicted molar refractivity (Wildman–Crippen MR) is 126 cm³/mol. The first-order valence-corrected chi connectivity index (χ1v) is 14.5. The van der Waals surface area contributed by atoms with Crippen LogP contribution in [0.25, 0.3) is 0 Å². The van der Waals surface area contributed by atoms with Gasteiger partial charge in [-0.25, -0.2) is 36.7 Å². The Morgan fingerprint density at radius 2 is 1.92 bits per heavy atom. The van der Waals surface area contributed by atoms with Crippen LogP contribution < -0.4 is 4.72 Å². The number of carbonyl (C=O) groups excluding carboxylic acids is 1. The van der Waals surface area contributed by atoms with Crippen LogP contribution in [0.1, 0.15) is 58.2 Å². The molecule has 0 bridgehead atoms. The summed E-state index contributed by atoms with van der Waals surface area (Å²) < 4.78 is 65.5. The SMILES string of the molecule is C[C@@H]1C[C@H](NS(C)(=O)=O)[C@H](CO[C@H]2CC[C@]3(c4ncc(F)cn4)[C@H](C2)[C@@H]3C)N1C(=O)OCC1(F)CC1. The summed E-state index contributed by atoms with van der Waals surface area (Å²) in [6.45, 7) is 3.82. The lowest BCUT2D eigenvalue weighted by atomic mass is 9.85. The minimum absolute atomic E-state index is 0.0678. The van der Waals surface area contributed by atoms with Crippen LogP contribution in [0, 0.1) is 17.7 Å². The summed E-state index contributed by atoms with van der Waals surface area (Å²) in [7, 11) is -3.52. The van der Waals surface area contributed by atoms with Gasteiger partial charge in [-0.2, -0.15) is 0 Å². The number of aromatic nitrogens is 2. The van der Waals surface area contributed by atoms with Gasteiger partial charge in [0.05, 0.1) is 37.4 Å². The van der Waals surface area contributed by atoms with Crippen molar-refractivity contribution in [3.05, 3.63) is 24.0 Å². The molecule has 2 heterocycles. The van der Waals surface area contributed by atoms with Gasteiger partial charge >= 0.3 is 6.09 Å². The number of ether oxygens (including phenoxy) is 2. The Bertz CT molecular complexity index is 1100. The van der Waals surface area contributed by atoms with E-state index < -0.39 is 39.7 Å². The summed E-state index contributed by atoms with van der Waals surface area (Å²) in [4.78, 5) is 22.9. The molecule has 0 unspecified atom stereocenters. The molecule has 3 aliphatic carbocycles. The number of carbonyl (C=O) groups is 1. The van der Waals surface area contributed by atoms with Gasteiger partial charge < -0.3 is 9.47 Å². The molecule has 1 saturated heterocycles. The lowest BCUT2D eigenvalue weighted by molar-refractivity contribution is -0.0143. The first-order chi connectivity index (χ1) is 16.9. The minimum Gasteiger partial charge on any atom is -0.446 e. The van der Waals surface area contributed by atoms with Crippen molar-refractivity contribution in [1.82, 2.24) is 19.6 Å². The van der Waals surface area contributed by atoms with Gasteiger partial charge in [0.2, 0.25) is 10.0 Å². The second-order valence-corrected chi connectivity index (χ2v) is 12.9. The topological polar surface area (TPSA) is 111 Å². The molecule has 5 rings (SSSR count). The second kappa shape index (κ2) is 9.13. The summed E-state index contributed by atoms with van der Waals surface area (Å²) >= 11 is 0. The molecule has 1 aromatic heterocycles. The molecule has 1 aliphatic heterocycles. The van der Waals surface area contributed by atoms with E-state index in [2.05, 4.69) is 21.6 Å². The number of sulfonamides is 1. The van der Waals surface area contributed by atoms with Crippen molar-refractivity contribution in [3.63, 3.8) is 0 Å². The normalized spacial score (nSPS) is 36.9. The number of likely N-dealkylation sites (tertiary alicyclic amines) is 1. The number of hydrogen-bond acceptors (Lipinski definition) is 7. The Morgan fingerprint density at radius 3 is 2.53 bits per heavy atom. The van der Waals surface area contributed by atoms with Gasteiger partial charge in [0.15, 0.2) is 5.82 Å². The average Bonchev–Trinajstić information content (AvgIpc) is 3.66. The largest absolute Gasteiger partial charge is 0.446 e. The fraction of sp³-hybridized carbons (Fsp3) is 0.792. The fourth-order valence-corrected chi connectivity index (χ4v) is 7.20. The third-order valence-electron chi connectivity index (χ3n) is 8.62. The third kappa shape index (κ3) is 4.96. The number of nitrogens with zero attached hydrogens (tertiary/aromatic N) is 3. The molecule has 1 amide bonds. The smallest absolute Gasteiger partial charge is 0.410 e. The zero-order valence-corrected chi connectivity index (χ0v) is 21.6. The Kier molecular flexibility index (Phi) is 6.52. The highest BCUT2D eigenvalue weighted by molar-refractivity contribution is 7.88. The molecule has 0 radical (unpaired) electrons. The summed E-state index contributed by atoms with van der Waals surface area (Å²) in [6, 6.07) is -1.39. The first-order valence-electron chi connectivity index (χ1n) is 12.6. The predicted octanol–water partition coefficient (Wildman–Crippen LogP) is 2.71. The van der Waals surface area contributed by atoms with Crippen molar-refractivity contribution in [2.75, 3.05) is 19.5 Å². The molecule has 0 spiro atoms. The molecule has 36 heavy (non-hydrogen) atoms. The number of halogens is 2. The van der Waals surface area contributed by atoms with Crippen molar-refractivity contribution < 1.29 is 31.5 Å². The van der Waals surface area contributed by atoms with Crippen LogP contribution in [0.5, 0.6) is 0 Å². The van der Waals surface area contributed by atoms with Crippen molar-refractivity contribution in [3.8, 4) is 0 Å². The van der Waals surface area contributed by atoms with Crippen LogP contribution >= 0.6 is 0 Å². The van der Waals surface area contributed by atoms with Gasteiger partial charge in [-0.3, -0.25) is 4.90 Å². The fourth-order valence-electron chi connectivity index (χ4n) is 6.39. The number of hydrogen-bond donors (Lipinski definition) is 1. The maximum atomic E-state index is 14.0. The maximum absolute atomic E-state index is 14.0. The van der Waals surface area contributed by atoms with E-state index >= 15 is 0 Å². The highest BCUT2D eigenvalue weighted by Crippen LogP contribution is 2.66. The number of amides is 1. The van der Waals surface area contributed by atoms with Crippen molar-refractivity contribution in [2.45, 2.75) is 87.7 Å². The average molecular weight is 529 g/mol. The molecule has 4 aliphatic rings. The van der Waals surface area contributed by atoms with E-state index in [1.165, 1.54) is 17.3 Å². The van der Waals surface area contributed by atoms with Crippen molar-refractivity contribution >= 4 is 16.1 Å². The molecule has 9 nitrogen and oxygen atoms in total. The summed E-state index contributed by atoms with van der Waals surface area (Å²) in [6.07, 6.45) is 6.30. The van der Waals surface area contributed by atoms with Gasteiger partial charge in [0.25, 0.3) is 0 Å². The molecule has 0 aromatic carbocycles. The van der Waals surface area contributed by atoms with E-state index in [1.807, 2.05) is 6.92 Å². The Morgan fingerprint density at radius 1 is 1.22 bits per heavy atom. The van der Waals surface area contributed by atoms with Crippen LogP contribution in [0.3, 0.4) is 0 Å². The number of alkyl halides is 1. The van der Waals surface area contributed by atoms with E-state index in [4.69, 9.17) is 9.47 Å². The van der Waals surface area contributed by atoms with Gasteiger partial charge in [-0.05, 0) is 57.3 Å². The lowest BCUT2D eigenvalue weighted by Gasteiger charge is -2.33. The maximum Gasteiger partial charge on any atom is 0.410 e. The van der Waals surface area contributed by atoms with Crippen molar-refractivity contribution in [1.29, 1.82) is 0 Å². The van der Waals surface area contributed by atoms with E-state index in [1.54, 1.807) is 0 Å². The standard InChI is InChI=1S/C24H34F2N4O5S/c1-14-8-19(29-36(3,32)33)20(30(14)22(31)35-13-23(26)6-7-23)12-34-17-4-5-24(15(2)18(24)9-17)21-27-10-16(25)11-28-21/h10-11,14-15,17-20,29H,4-9,12-13H2,1-3H3/t14-,15+,17+,18-,19+,20+,24-/m1/s1. The van der Waals surface area contributed by atoms with Gasteiger partial charge in [0, 0.05) is 17.5 Å². The van der Waals surface area contributed by atoms with Gasteiger partial charge in [-0.1, -0.05) is 6.92 Å². The van der Waals surface area contributed by atoms with Gasteiger partial charge in [0.1, 0.15) is 18.1 Å². The van der Waals surface area contributed by atoms with Crippen LogP contribution in [-0.2, 0) is 24.9 Å². The Balaban J connectivity index is 1.24. The van der Waals surface area contributed by atoms with E-state index in [-0.39, 0.29) is 30.8 Å². The Hall–Kier alpha value is -1.92. The van der Waals surface area contributed by atoms with Crippen LogP contribution in [0.2, 0.25) is 0 Å². The number of fused-ring (bicyclic) bond motifs is 1. The molecule has 7 atom stereocenters. The summed E-state index contributed by atoms with van der Waals surface area (Å²) in [5.41, 5.74) is -1.59. The number of rotatable bonds is 8. The highest BCUT2D eigenvalue weighted by atomic mass is 32.2. The molecular formula is C24H34F2N4O5S. The lowest BCUT2D eigenvalue weighted by Crippen LogP contribution is -2.50. The minimum atomic E-state index is -3.52. The Labute approximate surface area is 210 Å². The quantitative estimate of drug-likeness (QED) is 0.552. The summed E-state index contributed by atoms with van der Waals surface area (Å²) in [5, 5.41) is 0. The first kappa shape index (κ1) is 25.7. The van der Waals surface area contributed by atoms with Crippen LogP contribution in [-0.4, -0.2) is 78.7 Å². The molecule has 3 saturated carbocycles. The zero-order chi connectivity index (χ0) is 25.9. The van der Waals surface area contributed by atoms with Crippen LogP contribution in [0.15, 0.2) is 12.4 Å². The number of nitrogens with one attached hydrogen (secondary N) is 1.